The van der Waals surface area contributed by atoms with Gasteiger partial charge in [0, 0.05) is 12.3 Å². The van der Waals surface area contributed by atoms with Crippen molar-refractivity contribution < 1.29 is 14.3 Å². The smallest absolute Gasteiger partial charge is 0.337 e. The Hall–Kier alpha value is -1.75. The first-order valence-electron chi connectivity index (χ1n) is 6.26. The van der Waals surface area contributed by atoms with Crippen LogP contribution >= 0.6 is 11.8 Å². The van der Waals surface area contributed by atoms with Crippen molar-refractivity contribution in [1.82, 2.24) is 5.32 Å². The van der Waals surface area contributed by atoms with E-state index < -0.39 is 0 Å². The lowest BCUT2D eigenvalue weighted by molar-refractivity contribution is -0.120. The molecule has 0 aliphatic heterocycles. The summed E-state index contributed by atoms with van der Waals surface area (Å²) in [5.41, 5.74) is 1.59. The van der Waals surface area contributed by atoms with E-state index in [9.17, 15) is 9.59 Å². The number of carbonyl (C=O) groups excluding carboxylic acids is 2. The van der Waals surface area contributed by atoms with E-state index >= 15 is 0 Å². The minimum absolute atomic E-state index is 0.00100. The summed E-state index contributed by atoms with van der Waals surface area (Å²) in [6, 6.07) is 7.19. The van der Waals surface area contributed by atoms with Crippen molar-refractivity contribution in [2.24, 2.45) is 0 Å². The van der Waals surface area contributed by atoms with E-state index in [4.69, 9.17) is 0 Å². The monoisotopic (exact) mass is 293 g/mol. The maximum absolute atomic E-state index is 11.7. The molecule has 0 spiro atoms. The Kier molecular flexibility index (Phi) is 6.87. The zero-order chi connectivity index (χ0) is 15.0. The van der Waals surface area contributed by atoms with E-state index in [0.717, 1.165) is 5.56 Å². The number of nitrogens with one attached hydrogen (secondary N) is 1. The maximum atomic E-state index is 11.7. The largest absolute Gasteiger partial charge is 0.465 e. The topological polar surface area (TPSA) is 55.4 Å². The number of hydrogen-bond acceptors (Lipinski definition) is 4. The van der Waals surface area contributed by atoms with E-state index in [1.807, 2.05) is 19.1 Å². The SMILES string of the molecule is C=CCNC(=O)C(C)SCc1ccc(C(=O)OC)cc1. The zero-order valence-corrected chi connectivity index (χ0v) is 12.5. The summed E-state index contributed by atoms with van der Waals surface area (Å²) in [6.07, 6.45) is 1.65. The Labute approximate surface area is 123 Å². The molecule has 0 aliphatic rings. The van der Waals surface area contributed by atoms with Crippen molar-refractivity contribution in [2.45, 2.75) is 17.9 Å². The number of hydrogen-bond donors (Lipinski definition) is 1. The first kappa shape index (κ1) is 16.3. The van der Waals surface area contributed by atoms with Gasteiger partial charge in [-0.1, -0.05) is 18.2 Å². The van der Waals surface area contributed by atoms with Gasteiger partial charge in [-0.15, -0.1) is 18.3 Å². The highest BCUT2D eigenvalue weighted by Gasteiger charge is 2.12. The fourth-order valence-corrected chi connectivity index (χ4v) is 2.34. The highest BCUT2D eigenvalue weighted by atomic mass is 32.2. The number of esters is 1. The molecule has 1 aromatic rings. The van der Waals surface area contributed by atoms with E-state index in [-0.39, 0.29) is 17.1 Å². The van der Waals surface area contributed by atoms with Gasteiger partial charge >= 0.3 is 5.97 Å². The number of methoxy groups -OCH3 is 1. The molecule has 4 nitrogen and oxygen atoms in total. The van der Waals surface area contributed by atoms with E-state index in [1.165, 1.54) is 7.11 Å². The summed E-state index contributed by atoms with van der Waals surface area (Å²) < 4.78 is 4.64. The molecule has 0 fully saturated rings. The number of amides is 1. The van der Waals surface area contributed by atoms with E-state index in [1.54, 1.807) is 30.0 Å². The summed E-state index contributed by atoms with van der Waals surface area (Å²) in [5.74, 6) is 0.367. The number of ether oxygens (including phenoxy) is 1. The minimum atomic E-state index is -0.346. The molecule has 0 heterocycles. The van der Waals surface area contributed by atoms with Crippen LogP contribution < -0.4 is 5.32 Å². The summed E-state index contributed by atoms with van der Waals surface area (Å²) in [4.78, 5) is 23.0. The van der Waals surface area contributed by atoms with Gasteiger partial charge in [-0.05, 0) is 24.6 Å². The first-order chi connectivity index (χ1) is 9.58. The lowest BCUT2D eigenvalue weighted by Crippen LogP contribution is -2.30. The standard InChI is InChI=1S/C15H19NO3S/c1-4-9-16-14(17)11(2)20-10-12-5-7-13(8-6-12)15(18)19-3/h4-8,11H,1,9-10H2,2-3H3,(H,16,17). The molecule has 0 radical (unpaired) electrons. The van der Waals surface area contributed by atoms with Crippen molar-refractivity contribution in [3.63, 3.8) is 0 Å². The fourth-order valence-electron chi connectivity index (χ4n) is 1.47. The number of rotatable bonds is 7. The Morgan fingerprint density at radius 3 is 2.60 bits per heavy atom. The molecule has 1 N–H and O–H groups in total. The number of carbonyl (C=O) groups is 2. The van der Waals surface area contributed by atoms with Crippen LogP contribution in [0.2, 0.25) is 0 Å². The Morgan fingerprint density at radius 1 is 1.40 bits per heavy atom. The van der Waals surface area contributed by atoms with Crippen LogP contribution in [0.25, 0.3) is 0 Å². The van der Waals surface area contributed by atoms with E-state index in [0.29, 0.717) is 17.9 Å². The quantitative estimate of drug-likeness (QED) is 0.619. The third-order valence-corrected chi connectivity index (χ3v) is 3.88. The fraction of sp³-hybridized carbons (Fsp3) is 0.333. The molecule has 0 saturated heterocycles. The number of thioether (sulfide) groups is 1. The summed E-state index contributed by atoms with van der Waals surface area (Å²) in [6.45, 7) is 5.91. The van der Waals surface area contributed by atoms with Crippen LogP contribution in [0, 0.1) is 0 Å². The van der Waals surface area contributed by atoms with Crippen LogP contribution in [0.3, 0.4) is 0 Å². The zero-order valence-electron chi connectivity index (χ0n) is 11.7. The Bertz CT molecular complexity index is 471. The first-order valence-corrected chi connectivity index (χ1v) is 7.30. The molecule has 1 unspecified atom stereocenters. The third-order valence-electron chi connectivity index (χ3n) is 2.66. The van der Waals surface area contributed by atoms with Crippen molar-refractivity contribution in [3.05, 3.63) is 48.0 Å². The predicted molar refractivity (Wildman–Crippen MR) is 81.7 cm³/mol. The van der Waals surface area contributed by atoms with Crippen LogP contribution in [0.4, 0.5) is 0 Å². The van der Waals surface area contributed by atoms with Crippen molar-refractivity contribution in [2.75, 3.05) is 13.7 Å². The molecule has 20 heavy (non-hydrogen) atoms. The molecule has 1 amide bonds. The lowest BCUT2D eigenvalue weighted by atomic mass is 10.1. The molecular formula is C15H19NO3S. The molecule has 0 aromatic heterocycles. The van der Waals surface area contributed by atoms with Gasteiger partial charge in [-0.25, -0.2) is 4.79 Å². The van der Waals surface area contributed by atoms with Crippen LogP contribution in [-0.4, -0.2) is 30.8 Å². The average Bonchev–Trinajstić information content (AvgIpc) is 2.49. The van der Waals surface area contributed by atoms with Crippen molar-refractivity contribution in [3.8, 4) is 0 Å². The highest BCUT2D eigenvalue weighted by Crippen LogP contribution is 2.18. The molecule has 108 valence electrons. The van der Waals surface area contributed by atoms with Crippen LogP contribution in [0.1, 0.15) is 22.8 Å². The van der Waals surface area contributed by atoms with Crippen LogP contribution in [-0.2, 0) is 15.3 Å². The molecular weight excluding hydrogens is 274 g/mol. The average molecular weight is 293 g/mol. The van der Waals surface area contributed by atoms with Gasteiger partial charge in [0.2, 0.25) is 5.91 Å². The number of benzene rings is 1. The molecule has 0 aliphatic carbocycles. The van der Waals surface area contributed by atoms with Gasteiger partial charge in [0.15, 0.2) is 0 Å². The second-order valence-electron chi connectivity index (χ2n) is 4.18. The second kappa shape index (κ2) is 8.43. The molecule has 0 saturated carbocycles. The van der Waals surface area contributed by atoms with Crippen molar-refractivity contribution >= 4 is 23.6 Å². The molecule has 1 aromatic carbocycles. The van der Waals surface area contributed by atoms with Crippen molar-refractivity contribution in [1.29, 1.82) is 0 Å². The molecule has 5 heteroatoms. The molecule has 0 bridgehead atoms. The third kappa shape index (κ3) is 5.09. The molecule has 1 atom stereocenters. The lowest BCUT2D eigenvalue weighted by Gasteiger charge is -2.11. The van der Waals surface area contributed by atoms with Crippen LogP contribution in [0.5, 0.6) is 0 Å². The molecule has 1 rings (SSSR count). The minimum Gasteiger partial charge on any atom is -0.465 e. The summed E-state index contributed by atoms with van der Waals surface area (Å²) >= 11 is 1.55. The van der Waals surface area contributed by atoms with Crippen LogP contribution in [0.15, 0.2) is 36.9 Å². The van der Waals surface area contributed by atoms with Gasteiger partial charge < -0.3 is 10.1 Å². The van der Waals surface area contributed by atoms with Gasteiger partial charge in [-0.3, -0.25) is 4.79 Å². The second-order valence-corrected chi connectivity index (χ2v) is 5.50. The van der Waals surface area contributed by atoms with Gasteiger partial charge in [0.1, 0.15) is 0 Å². The summed E-state index contributed by atoms with van der Waals surface area (Å²) in [7, 11) is 1.36. The van der Waals surface area contributed by atoms with E-state index in [2.05, 4.69) is 16.6 Å². The Balaban J connectivity index is 2.47. The van der Waals surface area contributed by atoms with Gasteiger partial charge in [-0.2, -0.15) is 0 Å². The van der Waals surface area contributed by atoms with Gasteiger partial charge in [0.25, 0.3) is 0 Å². The maximum Gasteiger partial charge on any atom is 0.337 e. The Morgan fingerprint density at radius 2 is 2.05 bits per heavy atom. The highest BCUT2D eigenvalue weighted by molar-refractivity contribution is 7.99. The normalized spacial score (nSPS) is 11.5. The summed E-state index contributed by atoms with van der Waals surface area (Å²) in [5, 5.41) is 2.63. The van der Waals surface area contributed by atoms with Gasteiger partial charge in [0.05, 0.1) is 17.9 Å². The predicted octanol–water partition coefficient (Wildman–Crippen LogP) is 2.40.